The summed E-state index contributed by atoms with van der Waals surface area (Å²) in [4.78, 5) is 22.6. The number of halogens is 3. The molecule has 2 heterocycles. The fraction of sp³-hybridized carbons (Fsp3) is 0.0769. The lowest BCUT2D eigenvalue weighted by Gasteiger charge is -2.12. The molecule has 0 amide bonds. The molecule has 1 aromatic carbocycles. The SMILES string of the molecule is Cc1nc(Cl)nc(Nc2cc(Nc3nc(Cl)nc(Cl)n3)ccc2S(=O)(=O)O)n1. The number of aryl methyl sites for hydroxylation is 1. The van der Waals surface area contributed by atoms with Crippen molar-refractivity contribution >= 4 is 68.2 Å². The van der Waals surface area contributed by atoms with Gasteiger partial charge in [-0.1, -0.05) is 0 Å². The Balaban J connectivity index is 2.01. The van der Waals surface area contributed by atoms with Gasteiger partial charge in [0.05, 0.1) is 5.69 Å². The van der Waals surface area contributed by atoms with Crippen LogP contribution in [0.2, 0.25) is 15.9 Å². The van der Waals surface area contributed by atoms with E-state index in [0.717, 1.165) is 6.07 Å². The molecule has 0 radical (unpaired) electrons. The highest BCUT2D eigenvalue weighted by Gasteiger charge is 2.18. The van der Waals surface area contributed by atoms with Gasteiger partial charge in [0.25, 0.3) is 10.1 Å². The highest BCUT2D eigenvalue weighted by atomic mass is 35.5. The van der Waals surface area contributed by atoms with Crippen molar-refractivity contribution in [3.8, 4) is 0 Å². The van der Waals surface area contributed by atoms with Crippen molar-refractivity contribution in [3.05, 3.63) is 39.9 Å². The monoisotopic (exact) mass is 462 g/mol. The van der Waals surface area contributed by atoms with Crippen molar-refractivity contribution in [1.82, 2.24) is 29.9 Å². The number of aromatic nitrogens is 6. The third kappa shape index (κ3) is 5.11. The molecule has 0 bridgehead atoms. The molecular formula is C13H9Cl3N8O3S. The van der Waals surface area contributed by atoms with Crippen molar-refractivity contribution in [2.45, 2.75) is 11.8 Å². The summed E-state index contributed by atoms with van der Waals surface area (Å²) < 4.78 is 32.8. The molecule has 3 aromatic rings. The Morgan fingerprint density at radius 1 is 0.857 bits per heavy atom. The number of hydrogen-bond donors (Lipinski definition) is 3. The first-order valence-electron chi connectivity index (χ1n) is 7.21. The summed E-state index contributed by atoms with van der Waals surface area (Å²) in [5.41, 5.74) is 0.297. The van der Waals surface area contributed by atoms with Gasteiger partial charge in [0.1, 0.15) is 10.7 Å². The van der Waals surface area contributed by atoms with Gasteiger partial charge in [-0.3, -0.25) is 4.55 Å². The lowest BCUT2D eigenvalue weighted by molar-refractivity contribution is 0.483. The molecule has 3 rings (SSSR count). The quantitative estimate of drug-likeness (QED) is 0.478. The molecule has 15 heteroatoms. The van der Waals surface area contributed by atoms with Gasteiger partial charge >= 0.3 is 0 Å². The van der Waals surface area contributed by atoms with Crippen LogP contribution in [0, 0.1) is 6.92 Å². The maximum Gasteiger partial charge on any atom is 0.296 e. The van der Waals surface area contributed by atoms with E-state index >= 15 is 0 Å². The van der Waals surface area contributed by atoms with E-state index in [2.05, 4.69) is 40.5 Å². The fourth-order valence-corrected chi connectivity index (χ4v) is 3.26. The molecule has 0 saturated heterocycles. The summed E-state index contributed by atoms with van der Waals surface area (Å²) in [5, 5.41) is 5.11. The molecule has 0 aliphatic carbocycles. The fourth-order valence-electron chi connectivity index (χ4n) is 2.07. The van der Waals surface area contributed by atoms with Crippen LogP contribution in [-0.2, 0) is 10.1 Å². The van der Waals surface area contributed by atoms with E-state index in [9.17, 15) is 13.0 Å². The van der Waals surface area contributed by atoms with Crippen molar-refractivity contribution in [2.75, 3.05) is 10.6 Å². The van der Waals surface area contributed by atoms with Crippen LogP contribution in [0.15, 0.2) is 23.1 Å². The summed E-state index contributed by atoms with van der Waals surface area (Å²) >= 11 is 17.2. The second-order valence-electron chi connectivity index (χ2n) is 5.11. The molecule has 0 aliphatic heterocycles. The molecule has 0 fully saturated rings. The van der Waals surface area contributed by atoms with Crippen LogP contribution in [0.25, 0.3) is 0 Å². The van der Waals surface area contributed by atoms with Gasteiger partial charge in [0, 0.05) is 5.69 Å². The summed E-state index contributed by atoms with van der Waals surface area (Å²) in [6.07, 6.45) is 0. The number of benzene rings is 1. The van der Waals surface area contributed by atoms with Crippen LogP contribution >= 0.6 is 34.8 Å². The van der Waals surface area contributed by atoms with Crippen LogP contribution in [-0.4, -0.2) is 42.9 Å². The number of rotatable bonds is 5. The molecule has 0 spiro atoms. The number of nitrogens with zero attached hydrogens (tertiary/aromatic N) is 6. The van der Waals surface area contributed by atoms with Crippen molar-refractivity contribution in [1.29, 1.82) is 0 Å². The predicted molar refractivity (Wildman–Crippen MR) is 102 cm³/mol. The lowest BCUT2D eigenvalue weighted by Crippen LogP contribution is -2.07. The van der Waals surface area contributed by atoms with Crippen LogP contribution in [0.5, 0.6) is 0 Å². The van der Waals surface area contributed by atoms with Crippen LogP contribution in [0.4, 0.5) is 23.3 Å². The van der Waals surface area contributed by atoms with Crippen LogP contribution in [0.3, 0.4) is 0 Å². The van der Waals surface area contributed by atoms with E-state index in [1.807, 2.05) is 0 Å². The predicted octanol–water partition coefficient (Wildman–Crippen LogP) is 3.06. The first-order valence-corrected chi connectivity index (χ1v) is 9.78. The summed E-state index contributed by atoms with van der Waals surface area (Å²) in [7, 11) is -4.55. The molecule has 0 atom stereocenters. The molecule has 3 N–H and O–H groups in total. The normalized spacial score (nSPS) is 11.3. The molecule has 146 valence electrons. The van der Waals surface area contributed by atoms with Crippen molar-refractivity contribution in [3.63, 3.8) is 0 Å². The second kappa shape index (κ2) is 7.93. The Kier molecular flexibility index (Phi) is 5.76. The topological polar surface area (TPSA) is 156 Å². The first kappa shape index (κ1) is 20.4. The molecule has 11 nitrogen and oxygen atoms in total. The van der Waals surface area contributed by atoms with E-state index in [4.69, 9.17) is 34.8 Å². The third-order valence-electron chi connectivity index (χ3n) is 3.06. The van der Waals surface area contributed by atoms with E-state index in [0.29, 0.717) is 11.5 Å². The zero-order valence-electron chi connectivity index (χ0n) is 13.7. The zero-order chi connectivity index (χ0) is 20.5. The van der Waals surface area contributed by atoms with Crippen LogP contribution in [0.1, 0.15) is 5.82 Å². The Labute approximate surface area is 173 Å². The minimum absolute atomic E-state index is 0.0224. The molecular weight excluding hydrogens is 455 g/mol. The van der Waals surface area contributed by atoms with Gasteiger partial charge in [-0.2, -0.15) is 33.3 Å². The highest BCUT2D eigenvalue weighted by Crippen LogP contribution is 2.28. The largest absolute Gasteiger partial charge is 0.324 e. The van der Waals surface area contributed by atoms with E-state index in [1.54, 1.807) is 6.92 Å². The van der Waals surface area contributed by atoms with Gasteiger partial charge in [0.2, 0.25) is 27.7 Å². The number of nitrogens with one attached hydrogen (secondary N) is 2. The number of anilines is 4. The second-order valence-corrected chi connectivity index (χ2v) is 7.51. The van der Waals surface area contributed by atoms with Gasteiger partial charge in [0.15, 0.2) is 0 Å². The maximum atomic E-state index is 11.7. The lowest BCUT2D eigenvalue weighted by atomic mass is 10.2. The summed E-state index contributed by atoms with van der Waals surface area (Å²) in [6.45, 7) is 1.58. The Hall–Kier alpha value is -2.38. The van der Waals surface area contributed by atoms with E-state index in [-0.39, 0.29) is 33.4 Å². The third-order valence-corrected chi connectivity index (χ3v) is 4.48. The number of hydrogen-bond acceptors (Lipinski definition) is 10. The average Bonchev–Trinajstić information content (AvgIpc) is 2.51. The summed E-state index contributed by atoms with van der Waals surface area (Å²) in [5.74, 6) is 0.306. The highest BCUT2D eigenvalue weighted by molar-refractivity contribution is 7.86. The molecule has 0 aliphatic rings. The van der Waals surface area contributed by atoms with Gasteiger partial charge in [-0.05, 0) is 59.9 Å². The Bertz CT molecular complexity index is 1120. The maximum absolute atomic E-state index is 11.7. The molecule has 2 aromatic heterocycles. The van der Waals surface area contributed by atoms with E-state index < -0.39 is 15.0 Å². The zero-order valence-corrected chi connectivity index (χ0v) is 16.8. The summed E-state index contributed by atoms with van der Waals surface area (Å²) in [6, 6.07) is 3.87. The van der Waals surface area contributed by atoms with Crippen molar-refractivity contribution in [2.24, 2.45) is 0 Å². The molecule has 0 unspecified atom stereocenters. The van der Waals surface area contributed by atoms with E-state index in [1.165, 1.54) is 12.1 Å². The minimum atomic E-state index is -4.55. The Morgan fingerprint density at radius 2 is 1.43 bits per heavy atom. The smallest absolute Gasteiger partial charge is 0.296 e. The molecule has 0 saturated carbocycles. The first-order chi connectivity index (χ1) is 13.1. The standard InChI is InChI=1S/C13H9Cl3N8O3S/c1-5-17-9(14)22-12(18-5)20-7-4-6(2-3-8(7)28(25,26)27)19-13-23-10(15)21-11(16)24-13/h2-4H,1H3,(H,25,26,27)(H,17,18,20,22)(H,19,21,23,24). The van der Waals surface area contributed by atoms with Crippen molar-refractivity contribution < 1.29 is 13.0 Å². The average molecular weight is 464 g/mol. The van der Waals surface area contributed by atoms with Gasteiger partial charge in [-0.25, -0.2) is 4.98 Å². The van der Waals surface area contributed by atoms with Gasteiger partial charge < -0.3 is 10.6 Å². The minimum Gasteiger partial charge on any atom is -0.324 e. The van der Waals surface area contributed by atoms with Crippen LogP contribution < -0.4 is 10.6 Å². The molecule has 28 heavy (non-hydrogen) atoms. The van der Waals surface area contributed by atoms with Gasteiger partial charge in [-0.15, -0.1) is 0 Å². The Morgan fingerprint density at radius 3 is 2.00 bits per heavy atom.